The van der Waals surface area contributed by atoms with Crippen LogP contribution in [0.2, 0.25) is 0 Å². The van der Waals surface area contributed by atoms with Gasteiger partial charge < -0.3 is 19.7 Å². The lowest BCUT2D eigenvalue weighted by atomic mass is 9.89. The van der Waals surface area contributed by atoms with E-state index in [1.54, 1.807) is 7.11 Å². The van der Waals surface area contributed by atoms with Crippen molar-refractivity contribution in [2.24, 2.45) is 0 Å². The third-order valence-electron chi connectivity index (χ3n) is 3.19. The smallest absolute Gasteiger partial charge is 0.0900 e. The summed E-state index contributed by atoms with van der Waals surface area (Å²) < 4.78 is 10.4. The van der Waals surface area contributed by atoms with Crippen LogP contribution in [0.15, 0.2) is 0 Å². The summed E-state index contributed by atoms with van der Waals surface area (Å²) in [6.45, 7) is 6.71. The van der Waals surface area contributed by atoms with Crippen LogP contribution >= 0.6 is 0 Å². The fourth-order valence-corrected chi connectivity index (χ4v) is 2.45. The Morgan fingerprint density at radius 1 is 1.33 bits per heavy atom. The molecular formula is C13H27NO4. The minimum Gasteiger partial charge on any atom is -0.389 e. The van der Waals surface area contributed by atoms with Gasteiger partial charge in [-0.15, -0.1) is 0 Å². The molecule has 1 heterocycles. The van der Waals surface area contributed by atoms with Gasteiger partial charge in [-0.1, -0.05) is 13.3 Å². The Balaban J connectivity index is 2.10. The zero-order valence-corrected chi connectivity index (χ0v) is 11.8. The van der Waals surface area contributed by atoms with Crippen LogP contribution in [0.3, 0.4) is 0 Å². The van der Waals surface area contributed by atoms with Gasteiger partial charge in [-0.3, -0.25) is 4.90 Å². The molecule has 1 saturated heterocycles. The first kappa shape index (κ1) is 15.9. The van der Waals surface area contributed by atoms with Gasteiger partial charge in [0.2, 0.25) is 0 Å². The number of hydrogen-bond acceptors (Lipinski definition) is 5. The highest BCUT2D eigenvalue weighted by Crippen LogP contribution is 2.25. The van der Waals surface area contributed by atoms with E-state index in [2.05, 4.69) is 11.8 Å². The monoisotopic (exact) mass is 261 g/mol. The lowest BCUT2D eigenvalue weighted by Gasteiger charge is -2.47. The zero-order chi connectivity index (χ0) is 13.6. The van der Waals surface area contributed by atoms with Crippen molar-refractivity contribution in [2.45, 2.75) is 44.5 Å². The van der Waals surface area contributed by atoms with Gasteiger partial charge in [-0.05, 0) is 13.3 Å². The van der Waals surface area contributed by atoms with Gasteiger partial charge in [-0.25, -0.2) is 0 Å². The van der Waals surface area contributed by atoms with Crippen molar-refractivity contribution in [2.75, 3.05) is 40.0 Å². The summed E-state index contributed by atoms with van der Waals surface area (Å²) in [5.41, 5.74) is -0.529. The quantitative estimate of drug-likeness (QED) is 0.623. The Labute approximate surface area is 110 Å². The standard InChI is InChI=1S/C13H27NO4/c1-4-5-13(16)9-14(10-13)6-12(15)8-18-11(2)7-17-3/h11-12,15-16H,4-10H2,1-3H3. The molecule has 0 amide bonds. The summed E-state index contributed by atoms with van der Waals surface area (Å²) in [6, 6.07) is 0. The van der Waals surface area contributed by atoms with Crippen LogP contribution in [0.4, 0.5) is 0 Å². The third-order valence-corrected chi connectivity index (χ3v) is 3.19. The van der Waals surface area contributed by atoms with Gasteiger partial charge in [-0.2, -0.15) is 0 Å². The summed E-state index contributed by atoms with van der Waals surface area (Å²) in [5.74, 6) is 0. The van der Waals surface area contributed by atoms with Crippen LogP contribution in [-0.2, 0) is 9.47 Å². The fourth-order valence-electron chi connectivity index (χ4n) is 2.45. The lowest BCUT2D eigenvalue weighted by Crippen LogP contribution is -2.63. The predicted octanol–water partition coefficient (Wildman–Crippen LogP) is 0.246. The molecule has 5 heteroatoms. The first-order chi connectivity index (χ1) is 8.49. The molecule has 5 nitrogen and oxygen atoms in total. The molecular weight excluding hydrogens is 234 g/mol. The molecule has 0 aliphatic carbocycles. The van der Waals surface area contributed by atoms with Crippen molar-refractivity contribution in [3.8, 4) is 0 Å². The number of β-amino-alcohol motifs (C(OH)–C–C–N with tert-alkyl or cyclic N) is 2. The van der Waals surface area contributed by atoms with Gasteiger partial charge in [0.25, 0.3) is 0 Å². The average Bonchev–Trinajstić information content (AvgIpc) is 2.25. The number of ether oxygens (including phenoxy) is 2. The molecule has 0 spiro atoms. The number of hydrogen-bond donors (Lipinski definition) is 2. The summed E-state index contributed by atoms with van der Waals surface area (Å²) in [5, 5.41) is 19.8. The average molecular weight is 261 g/mol. The summed E-state index contributed by atoms with van der Waals surface area (Å²) in [7, 11) is 1.63. The van der Waals surface area contributed by atoms with Crippen molar-refractivity contribution in [3.63, 3.8) is 0 Å². The molecule has 1 fully saturated rings. The summed E-state index contributed by atoms with van der Waals surface area (Å²) in [4.78, 5) is 2.06. The topological polar surface area (TPSA) is 62.2 Å². The number of aliphatic hydroxyl groups excluding tert-OH is 1. The third kappa shape index (κ3) is 5.20. The molecule has 0 bridgehead atoms. The maximum absolute atomic E-state index is 10.0. The molecule has 1 aliphatic heterocycles. The van der Waals surface area contributed by atoms with Crippen LogP contribution in [0.25, 0.3) is 0 Å². The molecule has 1 aliphatic rings. The van der Waals surface area contributed by atoms with E-state index in [1.165, 1.54) is 0 Å². The number of methoxy groups -OCH3 is 1. The molecule has 0 aromatic heterocycles. The molecule has 2 unspecified atom stereocenters. The highest BCUT2D eigenvalue weighted by Gasteiger charge is 2.40. The summed E-state index contributed by atoms with van der Waals surface area (Å²) in [6.07, 6.45) is 1.32. The van der Waals surface area contributed by atoms with Crippen molar-refractivity contribution >= 4 is 0 Å². The van der Waals surface area contributed by atoms with E-state index < -0.39 is 11.7 Å². The SMILES string of the molecule is CCCC1(O)CN(CC(O)COC(C)COC)C1. The number of rotatable bonds is 9. The van der Waals surface area contributed by atoms with Crippen molar-refractivity contribution in [1.82, 2.24) is 4.90 Å². The molecule has 0 aromatic rings. The number of likely N-dealkylation sites (tertiary alicyclic amines) is 1. The van der Waals surface area contributed by atoms with E-state index in [0.29, 0.717) is 32.8 Å². The van der Waals surface area contributed by atoms with E-state index in [4.69, 9.17) is 9.47 Å². The van der Waals surface area contributed by atoms with Crippen molar-refractivity contribution in [1.29, 1.82) is 0 Å². The number of nitrogens with zero attached hydrogens (tertiary/aromatic N) is 1. The van der Waals surface area contributed by atoms with Gasteiger partial charge in [0.05, 0.1) is 31.0 Å². The largest absolute Gasteiger partial charge is 0.389 e. The molecule has 0 radical (unpaired) electrons. The van der Waals surface area contributed by atoms with Gasteiger partial charge in [0, 0.05) is 26.7 Å². The second-order valence-electron chi connectivity index (χ2n) is 5.40. The molecule has 2 N–H and O–H groups in total. The highest BCUT2D eigenvalue weighted by molar-refractivity contribution is 4.95. The summed E-state index contributed by atoms with van der Waals surface area (Å²) >= 11 is 0. The maximum atomic E-state index is 10.0. The molecule has 108 valence electrons. The second-order valence-corrected chi connectivity index (χ2v) is 5.40. The highest BCUT2D eigenvalue weighted by atomic mass is 16.5. The zero-order valence-electron chi connectivity index (χ0n) is 11.8. The van der Waals surface area contributed by atoms with Crippen LogP contribution in [-0.4, -0.2) is 72.9 Å². The first-order valence-electron chi connectivity index (χ1n) is 6.72. The Morgan fingerprint density at radius 2 is 2.00 bits per heavy atom. The molecule has 1 rings (SSSR count). The van der Waals surface area contributed by atoms with Crippen LogP contribution < -0.4 is 0 Å². The van der Waals surface area contributed by atoms with Crippen LogP contribution in [0, 0.1) is 0 Å². The molecule has 0 aromatic carbocycles. The van der Waals surface area contributed by atoms with E-state index in [1.807, 2.05) is 6.92 Å². The lowest BCUT2D eigenvalue weighted by molar-refractivity contribution is -0.121. The molecule has 0 saturated carbocycles. The van der Waals surface area contributed by atoms with E-state index in [-0.39, 0.29) is 6.10 Å². The van der Waals surface area contributed by atoms with Crippen LogP contribution in [0.1, 0.15) is 26.7 Å². The van der Waals surface area contributed by atoms with Crippen LogP contribution in [0.5, 0.6) is 0 Å². The Morgan fingerprint density at radius 3 is 2.56 bits per heavy atom. The van der Waals surface area contributed by atoms with Gasteiger partial charge in [0.1, 0.15) is 0 Å². The van der Waals surface area contributed by atoms with E-state index >= 15 is 0 Å². The minimum atomic E-state index is -0.529. The van der Waals surface area contributed by atoms with Crippen molar-refractivity contribution in [3.05, 3.63) is 0 Å². The Kier molecular flexibility index (Phi) is 6.52. The van der Waals surface area contributed by atoms with Gasteiger partial charge >= 0.3 is 0 Å². The number of aliphatic hydroxyl groups is 2. The van der Waals surface area contributed by atoms with Crippen molar-refractivity contribution < 1.29 is 19.7 Å². The minimum absolute atomic E-state index is 0.00179. The predicted molar refractivity (Wildman–Crippen MR) is 69.6 cm³/mol. The first-order valence-corrected chi connectivity index (χ1v) is 6.72. The van der Waals surface area contributed by atoms with E-state index in [0.717, 1.165) is 12.8 Å². The molecule has 18 heavy (non-hydrogen) atoms. The Bertz CT molecular complexity index is 231. The van der Waals surface area contributed by atoms with E-state index in [9.17, 15) is 10.2 Å². The maximum Gasteiger partial charge on any atom is 0.0900 e. The molecule has 2 atom stereocenters. The fraction of sp³-hybridized carbons (Fsp3) is 1.00. The van der Waals surface area contributed by atoms with Gasteiger partial charge in [0.15, 0.2) is 0 Å². The normalized spacial score (nSPS) is 22.5. The second kappa shape index (κ2) is 7.40. The Hall–Kier alpha value is -0.200.